The summed E-state index contributed by atoms with van der Waals surface area (Å²) in [7, 11) is 0. The Balaban J connectivity index is 2.14. The van der Waals surface area contributed by atoms with E-state index in [4.69, 9.17) is 0 Å². The normalized spacial score (nSPS) is 11.8. The molecule has 1 heteroatoms. The average molecular weight is 264 g/mol. The van der Waals surface area contributed by atoms with Crippen LogP contribution in [0.25, 0.3) is 17.2 Å². The van der Waals surface area contributed by atoms with Gasteiger partial charge in [0.1, 0.15) is 0 Å². The molecular formula is C19H20O. The summed E-state index contributed by atoms with van der Waals surface area (Å²) in [6.07, 6.45) is 3.54. The van der Waals surface area contributed by atoms with Gasteiger partial charge in [0, 0.05) is 5.41 Å². The van der Waals surface area contributed by atoms with Crippen LogP contribution in [0.3, 0.4) is 0 Å². The summed E-state index contributed by atoms with van der Waals surface area (Å²) in [6.45, 7) is 5.79. The number of ketones is 1. The third-order valence-corrected chi connectivity index (χ3v) is 3.18. The molecule has 0 atom stereocenters. The van der Waals surface area contributed by atoms with Gasteiger partial charge in [-0.15, -0.1) is 0 Å². The van der Waals surface area contributed by atoms with Gasteiger partial charge in [-0.05, 0) is 22.8 Å². The summed E-state index contributed by atoms with van der Waals surface area (Å²) >= 11 is 0. The Hall–Kier alpha value is -2.15. The zero-order valence-corrected chi connectivity index (χ0v) is 12.3. The first-order chi connectivity index (χ1) is 9.47. The van der Waals surface area contributed by atoms with Crippen LogP contribution in [0.15, 0.2) is 60.7 Å². The third kappa shape index (κ3) is 3.67. The summed E-state index contributed by atoms with van der Waals surface area (Å²) in [5, 5.41) is 0. The zero-order valence-electron chi connectivity index (χ0n) is 12.3. The first kappa shape index (κ1) is 14.3. The fourth-order valence-corrected chi connectivity index (χ4v) is 1.84. The van der Waals surface area contributed by atoms with Crippen molar-refractivity contribution in [2.75, 3.05) is 0 Å². The molecule has 0 saturated carbocycles. The second-order valence-corrected chi connectivity index (χ2v) is 5.94. The second-order valence-electron chi connectivity index (χ2n) is 5.94. The van der Waals surface area contributed by atoms with Crippen LogP contribution in [0, 0.1) is 5.41 Å². The number of allylic oxidation sites excluding steroid dienone is 1. The largest absolute Gasteiger partial charge is 0.294 e. The van der Waals surface area contributed by atoms with E-state index in [9.17, 15) is 4.79 Å². The lowest BCUT2D eigenvalue weighted by Gasteiger charge is -2.12. The molecule has 0 N–H and O–H groups in total. The number of hydrogen-bond donors (Lipinski definition) is 0. The third-order valence-electron chi connectivity index (χ3n) is 3.18. The van der Waals surface area contributed by atoms with Crippen molar-refractivity contribution in [1.29, 1.82) is 0 Å². The number of rotatable bonds is 3. The Labute approximate surface area is 121 Å². The summed E-state index contributed by atoms with van der Waals surface area (Å²) in [5.41, 5.74) is 3.11. The van der Waals surface area contributed by atoms with Crippen LogP contribution >= 0.6 is 0 Å². The average Bonchev–Trinajstić information content (AvgIpc) is 2.45. The van der Waals surface area contributed by atoms with Crippen molar-refractivity contribution < 1.29 is 4.79 Å². The lowest BCUT2D eigenvalue weighted by molar-refractivity contribution is -0.121. The van der Waals surface area contributed by atoms with Gasteiger partial charge in [0.15, 0.2) is 5.78 Å². The van der Waals surface area contributed by atoms with Gasteiger partial charge in [-0.25, -0.2) is 0 Å². The molecule has 0 fully saturated rings. The molecule has 102 valence electrons. The van der Waals surface area contributed by atoms with Gasteiger partial charge in [0.2, 0.25) is 0 Å². The SMILES string of the molecule is CC(C)(C)C(=O)/C=C/c1ccc(-c2ccccc2)cc1. The predicted molar refractivity (Wildman–Crippen MR) is 85.4 cm³/mol. The van der Waals surface area contributed by atoms with E-state index in [2.05, 4.69) is 24.3 Å². The molecule has 0 bridgehead atoms. The standard InChI is InChI=1S/C19H20O/c1-19(2,3)18(20)14-11-15-9-12-17(13-10-15)16-7-5-4-6-8-16/h4-14H,1-3H3/b14-11+. The molecule has 0 radical (unpaired) electrons. The van der Waals surface area contributed by atoms with E-state index in [1.807, 2.05) is 57.2 Å². The molecule has 0 aliphatic heterocycles. The van der Waals surface area contributed by atoms with Crippen LogP contribution in [0.5, 0.6) is 0 Å². The monoisotopic (exact) mass is 264 g/mol. The number of hydrogen-bond acceptors (Lipinski definition) is 1. The Morgan fingerprint density at radius 3 is 1.95 bits per heavy atom. The van der Waals surface area contributed by atoms with Gasteiger partial charge >= 0.3 is 0 Å². The van der Waals surface area contributed by atoms with E-state index in [1.54, 1.807) is 6.08 Å². The van der Waals surface area contributed by atoms with E-state index in [0.29, 0.717) is 0 Å². The summed E-state index contributed by atoms with van der Waals surface area (Å²) < 4.78 is 0. The number of benzene rings is 2. The van der Waals surface area contributed by atoms with Crippen molar-refractivity contribution in [1.82, 2.24) is 0 Å². The number of carbonyl (C=O) groups is 1. The molecule has 0 spiro atoms. The highest BCUT2D eigenvalue weighted by molar-refractivity contribution is 5.97. The number of carbonyl (C=O) groups excluding carboxylic acids is 1. The van der Waals surface area contributed by atoms with Crippen molar-refractivity contribution in [3.63, 3.8) is 0 Å². The molecule has 0 saturated heterocycles. The Bertz CT molecular complexity index is 598. The maximum Gasteiger partial charge on any atom is 0.161 e. The van der Waals surface area contributed by atoms with E-state index in [-0.39, 0.29) is 11.2 Å². The Kier molecular flexibility index (Phi) is 4.19. The maximum atomic E-state index is 11.8. The zero-order chi connectivity index (χ0) is 14.6. The molecule has 2 aromatic rings. The molecule has 0 amide bonds. The highest BCUT2D eigenvalue weighted by atomic mass is 16.1. The molecule has 20 heavy (non-hydrogen) atoms. The highest BCUT2D eigenvalue weighted by Crippen LogP contribution is 2.20. The quantitative estimate of drug-likeness (QED) is 0.714. The van der Waals surface area contributed by atoms with Crippen molar-refractivity contribution >= 4 is 11.9 Å². The fraction of sp³-hybridized carbons (Fsp3) is 0.211. The van der Waals surface area contributed by atoms with Crippen molar-refractivity contribution in [2.45, 2.75) is 20.8 Å². The topological polar surface area (TPSA) is 17.1 Å². The van der Waals surface area contributed by atoms with Crippen LogP contribution in [0.1, 0.15) is 26.3 Å². The molecule has 0 aliphatic carbocycles. The fourth-order valence-electron chi connectivity index (χ4n) is 1.84. The Morgan fingerprint density at radius 2 is 1.40 bits per heavy atom. The lowest BCUT2D eigenvalue weighted by Crippen LogP contribution is -2.17. The molecule has 2 rings (SSSR count). The highest BCUT2D eigenvalue weighted by Gasteiger charge is 2.17. The molecule has 2 aromatic carbocycles. The van der Waals surface area contributed by atoms with E-state index in [0.717, 1.165) is 5.56 Å². The van der Waals surface area contributed by atoms with Crippen LogP contribution in [0.2, 0.25) is 0 Å². The second kappa shape index (κ2) is 5.87. The van der Waals surface area contributed by atoms with Crippen LogP contribution in [-0.2, 0) is 4.79 Å². The maximum absolute atomic E-state index is 11.8. The van der Waals surface area contributed by atoms with Gasteiger partial charge < -0.3 is 0 Å². The molecule has 0 unspecified atom stereocenters. The minimum Gasteiger partial charge on any atom is -0.294 e. The van der Waals surface area contributed by atoms with Crippen LogP contribution < -0.4 is 0 Å². The summed E-state index contributed by atoms with van der Waals surface area (Å²) in [5.74, 6) is 0.143. The van der Waals surface area contributed by atoms with Gasteiger partial charge in [0.25, 0.3) is 0 Å². The summed E-state index contributed by atoms with van der Waals surface area (Å²) in [4.78, 5) is 11.8. The minimum absolute atomic E-state index is 0.143. The minimum atomic E-state index is -0.319. The van der Waals surface area contributed by atoms with Crippen molar-refractivity contribution in [2.24, 2.45) is 5.41 Å². The first-order valence-electron chi connectivity index (χ1n) is 6.85. The first-order valence-corrected chi connectivity index (χ1v) is 6.85. The van der Waals surface area contributed by atoms with Gasteiger partial charge in [0.05, 0.1) is 0 Å². The summed E-state index contributed by atoms with van der Waals surface area (Å²) in [6, 6.07) is 18.5. The molecule has 1 nitrogen and oxygen atoms in total. The lowest BCUT2D eigenvalue weighted by atomic mass is 9.90. The predicted octanol–water partition coefficient (Wildman–Crippen LogP) is 4.98. The van der Waals surface area contributed by atoms with E-state index in [1.165, 1.54) is 11.1 Å². The van der Waals surface area contributed by atoms with Crippen LogP contribution in [0.4, 0.5) is 0 Å². The van der Waals surface area contributed by atoms with Gasteiger partial charge in [-0.2, -0.15) is 0 Å². The smallest absolute Gasteiger partial charge is 0.161 e. The molecule has 0 heterocycles. The molecule has 0 aromatic heterocycles. The molecule has 0 aliphatic rings. The van der Waals surface area contributed by atoms with Crippen molar-refractivity contribution in [3.05, 3.63) is 66.2 Å². The van der Waals surface area contributed by atoms with Crippen molar-refractivity contribution in [3.8, 4) is 11.1 Å². The van der Waals surface area contributed by atoms with Gasteiger partial charge in [-0.1, -0.05) is 81.4 Å². The molecular weight excluding hydrogens is 244 g/mol. The van der Waals surface area contributed by atoms with Crippen LogP contribution in [-0.4, -0.2) is 5.78 Å². The Morgan fingerprint density at radius 1 is 0.850 bits per heavy atom. The van der Waals surface area contributed by atoms with E-state index < -0.39 is 0 Å². The van der Waals surface area contributed by atoms with Gasteiger partial charge in [-0.3, -0.25) is 4.79 Å². The van der Waals surface area contributed by atoms with E-state index >= 15 is 0 Å².